The Bertz CT molecular complexity index is 823. The van der Waals surface area contributed by atoms with Crippen LogP contribution < -0.4 is 10.6 Å². The summed E-state index contributed by atoms with van der Waals surface area (Å²) in [6.07, 6.45) is 2.31. The molecule has 2 aliphatic heterocycles. The van der Waals surface area contributed by atoms with E-state index < -0.39 is 0 Å². The molecule has 29 heavy (non-hydrogen) atoms. The van der Waals surface area contributed by atoms with Gasteiger partial charge < -0.3 is 15.5 Å². The zero-order valence-corrected chi connectivity index (χ0v) is 16.9. The minimum atomic E-state index is 0.0998. The number of carbonyl (C=O) groups is 1. The molecule has 2 aromatic rings. The van der Waals surface area contributed by atoms with Gasteiger partial charge in [0.05, 0.1) is 6.04 Å². The molecular formula is C24H30N4O. The standard InChI is InChI=1S/C24H30N4O/c29-24(26-12-10-18-9-11-25-17-18)28-15-13-27(14-16-28)23-21-7-3-1-5-19(21)20-6-2-4-8-22(20)23/h1-8,18,23,25H,9-17H2,(H,26,29). The number of urea groups is 1. The van der Waals surface area contributed by atoms with Gasteiger partial charge in [-0.05, 0) is 54.1 Å². The third-order valence-electron chi connectivity index (χ3n) is 6.76. The molecule has 2 amide bonds. The van der Waals surface area contributed by atoms with Crippen molar-refractivity contribution in [1.82, 2.24) is 20.4 Å². The van der Waals surface area contributed by atoms with Gasteiger partial charge in [-0.25, -0.2) is 4.79 Å². The molecule has 1 unspecified atom stereocenters. The Morgan fingerprint density at radius 1 is 0.966 bits per heavy atom. The monoisotopic (exact) mass is 390 g/mol. The second-order valence-electron chi connectivity index (χ2n) is 8.48. The van der Waals surface area contributed by atoms with E-state index in [-0.39, 0.29) is 6.03 Å². The van der Waals surface area contributed by atoms with E-state index in [1.165, 1.54) is 28.7 Å². The number of carbonyl (C=O) groups excluding carboxylic acids is 1. The van der Waals surface area contributed by atoms with Gasteiger partial charge in [-0.1, -0.05) is 48.5 Å². The average Bonchev–Trinajstić information content (AvgIpc) is 3.40. The highest BCUT2D eigenvalue weighted by Crippen LogP contribution is 2.46. The topological polar surface area (TPSA) is 47.6 Å². The number of hydrogen-bond acceptors (Lipinski definition) is 3. The maximum Gasteiger partial charge on any atom is 0.317 e. The summed E-state index contributed by atoms with van der Waals surface area (Å²) in [5.74, 6) is 0.717. The Morgan fingerprint density at radius 3 is 2.24 bits per heavy atom. The van der Waals surface area contributed by atoms with Crippen LogP contribution in [0.5, 0.6) is 0 Å². The Hall–Kier alpha value is -2.37. The molecule has 2 heterocycles. The van der Waals surface area contributed by atoms with E-state index in [1.807, 2.05) is 4.90 Å². The SMILES string of the molecule is O=C(NCCC1CCNC1)N1CCN(C2c3ccccc3-c3ccccc32)CC1. The van der Waals surface area contributed by atoms with E-state index in [2.05, 4.69) is 64.1 Å². The molecule has 2 aromatic carbocycles. The van der Waals surface area contributed by atoms with Crippen molar-refractivity contribution in [2.24, 2.45) is 5.92 Å². The Labute approximate surface area is 173 Å². The van der Waals surface area contributed by atoms with Crippen LogP contribution in [0.25, 0.3) is 11.1 Å². The minimum absolute atomic E-state index is 0.0998. The van der Waals surface area contributed by atoms with Crippen molar-refractivity contribution in [3.63, 3.8) is 0 Å². The van der Waals surface area contributed by atoms with Gasteiger partial charge in [0.25, 0.3) is 0 Å². The van der Waals surface area contributed by atoms with E-state index in [0.717, 1.165) is 58.2 Å². The second-order valence-corrected chi connectivity index (χ2v) is 8.48. The van der Waals surface area contributed by atoms with Crippen LogP contribution in [-0.4, -0.2) is 61.6 Å². The molecule has 5 rings (SSSR count). The fourth-order valence-corrected chi connectivity index (χ4v) is 5.16. The summed E-state index contributed by atoms with van der Waals surface area (Å²) < 4.78 is 0. The third-order valence-corrected chi connectivity index (χ3v) is 6.76. The molecule has 0 radical (unpaired) electrons. The van der Waals surface area contributed by atoms with Crippen molar-refractivity contribution < 1.29 is 4.79 Å². The number of nitrogens with zero attached hydrogens (tertiary/aromatic N) is 2. The first kappa shape index (κ1) is 18.6. The summed E-state index contributed by atoms with van der Waals surface area (Å²) in [6, 6.07) is 17.9. The number of benzene rings is 2. The lowest BCUT2D eigenvalue weighted by Crippen LogP contribution is -2.52. The molecule has 1 atom stereocenters. The Morgan fingerprint density at radius 2 is 1.62 bits per heavy atom. The molecule has 2 fully saturated rings. The largest absolute Gasteiger partial charge is 0.338 e. The molecule has 0 saturated carbocycles. The molecule has 1 aliphatic carbocycles. The third kappa shape index (κ3) is 3.65. The first-order chi connectivity index (χ1) is 14.3. The zero-order valence-electron chi connectivity index (χ0n) is 16.9. The molecule has 5 heteroatoms. The summed E-state index contributed by atoms with van der Waals surface area (Å²) in [6.45, 7) is 6.40. The quantitative estimate of drug-likeness (QED) is 0.843. The zero-order chi connectivity index (χ0) is 19.6. The minimum Gasteiger partial charge on any atom is -0.338 e. The lowest BCUT2D eigenvalue weighted by atomic mass is 10.0. The Balaban J connectivity index is 1.20. The van der Waals surface area contributed by atoms with Crippen LogP contribution >= 0.6 is 0 Å². The Kier molecular flexibility index (Phi) is 5.25. The first-order valence-electron chi connectivity index (χ1n) is 11.0. The van der Waals surface area contributed by atoms with E-state index in [4.69, 9.17) is 0 Å². The van der Waals surface area contributed by atoms with E-state index in [0.29, 0.717) is 6.04 Å². The van der Waals surface area contributed by atoms with Gasteiger partial charge >= 0.3 is 6.03 Å². The highest BCUT2D eigenvalue weighted by atomic mass is 16.2. The van der Waals surface area contributed by atoms with Gasteiger partial charge in [-0.3, -0.25) is 4.90 Å². The van der Waals surface area contributed by atoms with E-state index in [1.54, 1.807) is 0 Å². The maximum absolute atomic E-state index is 12.6. The van der Waals surface area contributed by atoms with Crippen LogP contribution in [0, 0.1) is 5.92 Å². The smallest absolute Gasteiger partial charge is 0.317 e. The fourth-order valence-electron chi connectivity index (χ4n) is 5.16. The van der Waals surface area contributed by atoms with Gasteiger partial charge in [0.2, 0.25) is 0 Å². The molecule has 0 spiro atoms. The number of piperazine rings is 1. The van der Waals surface area contributed by atoms with Crippen molar-refractivity contribution in [3.8, 4) is 11.1 Å². The number of fused-ring (bicyclic) bond motifs is 3. The molecular weight excluding hydrogens is 360 g/mol. The molecule has 0 aromatic heterocycles. The first-order valence-corrected chi connectivity index (χ1v) is 11.0. The molecule has 2 N–H and O–H groups in total. The number of rotatable bonds is 4. The number of hydrogen-bond donors (Lipinski definition) is 2. The van der Waals surface area contributed by atoms with Crippen LogP contribution in [0.4, 0.5) is 4.79 Å². The number of nitrogens with one attached hydrogen (secondary N) is 2. The highest BCUT2D eigenvalue weighted by molar-refractivity contribution is 5.78. The van der Waals surface area contributed by atoms with E-state index >= 15 is 0 Å². The van der Waals surface area contributed by atoms with Gasteiger partial charge in [0, 0.05) is 32.7 Å². The predicted molar refractivity (Wildman–Crippen MR) is 116 cm³/mol. The normalized spacial score (nSPS) is 21.8. The van der Waals surface area contributed by atoms with Crippen LogP contribution in [0.2, 0.25) is 0 Å². The fraction of sp³-hybridized carbons (Fsp3) is 0.458. The lowest BCUT2D eigenvalue weighted by molar-refractivity contribution is 0.121. The lowest BCUT2D eigenvalue weighted by Gasteiger charge is -2.38. The van der Waals surface area contributed by atoms with Gasteiger partial charge in [0.1, 0.15) is 0 Å². The van der Waals surface area contributed by atoms with Crippen LogP contribution in [0.1, 0.15) is 30.0 Å². The van der Waals surface area contributed by atoms with Crippen LogP contribution in [-0.2, 0) is 0 Å². The van der Waals surface area contributed by atoms with Gasteiger partial charge in [0.15, 0.2) is 0 Å². The van der Waals surface area contributed by atoms with Crippen molar-refractivity contribution in [2.45, 2.75) is 18.9 Å². The average molecular weight is 391 g/mol. The van der Waals surface area contributed by atoms with Crippen molar-refractivity contribution >= 4 is 6.03 Å². The molecule has 152 valence electrons. The second kappa shape index (κ2) is 8.17. The van der Waals surface area contributed by atoms with Crippen molar-refractivity contribution in [2.75, 3.05) is 45.8 Å². The van der Waals surface area contributed by atoms with Crippen LogP contribution in [0.3, 0.4) is 0 Å². The summed E-state index contributed by atoms with van der Waals surface area (Å²) in [7, 11) is 0. The molecule has 5 nitrogen and oxygen atoms in total. The number of amides is 2. The summed E-state index contributed by atoms with van der Waals surface area (Å²) in [5.41, 5.74) is 5.51. The molecule has 3 aliphatic rings. The summed E-state index contributed by atoms with van der Waals surface area (Å²) >= 11 is 0. The molecule has 2 saturated heterocycles. The van der Waals surface area contributed by atoms with Crippen LogP contribution in [0.15, 0.2) is 48.5 Å². The summed E-state index contributed by atoms with van der Waals surface area (Å²) in [4.78, 5) is 17.1. The van der Waals surface area contributed by atoms with Crippen molar-refractivity contribution in [1.29, 1.82) is 0 Å². The summed E-state index contributed by atoms with van der Waals surface area (Å²) in [5, 5.41) is 6.53. The highest BCUT2D eigenvalue weighted by Gasteiger charge is 2.34. The van der Waals surface area contributed by atoms with Gasteiger partial charge in [-0.15, -0.1) is 0 Å². The maximum atomic E-state index is 12.6. The molecule has 0 bridgehead atoms. The predicted octanol–water partition coefficient (Wildman–Crippen LogP) is 3.08. The van der Waals surface area contributed by atoms with E-state index in [9.17, 15) is 4.79 Å². The van der Waals surface area contributed by atoms with Gasteiger partial charge in [-0.2, -0.15) is 0 Å². The van der Waals surface area contributed by atoms with Crippen molar-refractivity contribution in [3.05, 3.63) is 59.7 Å².